The first kappa shape index (κ1) is 29.5. The number of aliphatic hydroxyl groups excluding tert-OH is 1. The van der Waals surface area contributed by atoms with Crippen LogP contribution in [0, 0.1) is 0 Å². The number of ether oxygens (including phenoxy) is 2. The number of hydrogen-bond donors (Lipinski definition) is 6. The van der Waals surface area contributed by atoms with E-state index in [0.29, 0.717) is 0 Å². The molecule has 8 N–H and O–H groups in total. The molecule has 0 bridgehead atoms. The fourth-order valence-electron chi connectivity index (χ4n) is 5.14. The van der Waals surface area contributed by atoms with Crippen molar-refractivity contribution in [1.29, 1.82) is 0 Å². The van der Waals surface area contributed by atoms with Gasteiger partial charge in [-0.05, 0) is 6.42 Å². The molecular formula is C20H24FN10O10P2+. The Morgan fingerprint density at radius 1 is 1.14 bits per heavy atom. The van der Waals surface area contributed by atoms with Crippen molar-refractivity contribution in [2.45, 2.75) is 49.0 Å². The Morgan fingerprint density at radius 3 is 2.58 bits per heavy atom. The molecular weight excluding hydrogens is 621 g/mol. The average Bonchev–Trinajstić information content (AvgIpc) is 3.73. The second-order valence-electron chi connectivity index (χ2n) is 9.67. The number of aromatic amines is 1. The first-order valence-corrected chi connectivity index (χ1v) is 15.3. The smallest absolute Gasteiger partial charge is 0.394 e. The van der Waals surface area contributed by atoms with Gasteiger partial charge in [0.05, 0.1) is 32.0 Å². The molecule has 230 valence electrons. The third-order valence-electron chi connectivity index (χ3n) is 7.08. The third kappa shape index (κ3) is 5.28. The maximum atomic E-state index is 15.6. The van der Waals surface area contributed by atoms with Crippen molar-refractivity contribution in [2.75, 3.05) is 24.7 Å². The van der Waals surface area contributed by atoms with Crippen LogP contribution in [0.15, 0.2) is 23.8 Å². The van der Waals surface area contributed by atoms with Gasteiger partial charge in [0, 0.05) is 4.57 Å². The Balaban J connectivity index is 1.26. The summed E-state index contributed by atoms with van der Waals surface area (Å²) in [7, 11) is -8.05. The van der Waals surface area contributed by atoms with Crippen LogP contribution in [0.2, 0.25) is 0 Å². The highest BCUT2D eigenvalue weighted by atomic mass is 31.2. The molecule has 0 amide bonds. The van der Waals surface area contributed by atoms with E-state index in [9.17, 15) is 28.8 Å². The zero-order valence-electron chi connectivity index (χ0n) is 21.7. The van der Waals surface area contributed by atoms with E-state index in [0.717, 1.165) is 12.7 Å². The van der Waals surface area contributed by atoms with Crippen LogP contribution >= 0.6 is 15.9 Å². The van der Waals surface area contributed by atoms with E-state index in [1.54, 1.807) is 0 Å². The molecule has 4 aromatic heterocycles. The van der Waals surface area contributed by atoms with E-state index in [1.807, 2.05) is 0 Å². The van der Waals surface area contributed by atoms with Gasteiger partial charge in [0.15, 0.2) is 47.4 Å². The largest absolute Gasteiger partial charge is 0.695 e. The predicted octanol–water partition coefficient (Wildman–Crippen LogP) is -0.755. The number of alkyl halides is 1. The van der Waals surface area contributed by atoms with Crippen molar-refractivity contribution < 1.29 is 46.9 Å². The fourth-order valence-corrected chi connectivity index (χ4v) is 7.19. The van der Waals surface area contributed by atoms with Crippen molar-refractivity contribution in [3.05, 3.63) is 29.3 Å². The van der Waals surface area contributed by atoms with E-state index in [-0.39, 0.29) is 40.5 Å². The zero-order valence-corrected chi connectivity index (χ0v) is 23.4. The van der Waals surface area contributed by atoms with Gasteiger partial charge in [-0.15, -0.1) is 9.42 Å². The molecule has 0 aliphatic carbocycles. The second-order valence-corrected chi connectivity index (χ2v) is 12.4. The first-order valence-electron chi connectivity index (χ1n) is 12.5. The Kier molecular flexibility index (Phi) is 7.69. The average molecular weight is 645 g/mol. The number of fused-ring (bicyclic) bond motifs is 2. The van der Waals surface area contributed by atoms with Crippen LogP contribution in [0.3, 0.4) is 0 Å². The van der Waals surface area contributed by atoms with E-state index in [2.05, 4.69) is 29.9 Å². The maximum Gasteiger partial charge on any atom is 0.695 e. The SMILES string of the molecule is Nc1nc2c(ncn2[C@@H]2O[C@H](CO)C[C@H]2P(=O)(O)OC[C@H]2O[C@@H](n3cnc4c(N)ncnc43)C(F)[C@H]2O[P+](=O)O)c(=O)[nH]1. The van der Waals surface area contributed by atoms with E-state index >= 15 is 4.39 Å². The van der Waals surface area contributed by atoms with Crippen LogP contribution in [0.1, 0.15) is 18.9 Å². The normalized spacial score (nSPS) is 29.4. The fraction of sp³-hybridized carbons (Fsp3) is 0.500. The Hall–Kier alpha value is -3.52. The van der Waals surface area contributed by atoms with E-state index in [4.69, 9.17) is 30.0 Å². The summed E-state index contributed by atoms with van der Waals surface area (Å²) < 4.78 is 64.9. The lowest BCUT2D eigenvalue weighted by Crippen LogP contribution is -2.33. The van der Waals surface area contributed by atoms with Crippen molar-refractivity contribution >= 4 is 49.9 Å². The van der Waals surface area contributed by atoms with Crippen LogP contribution in [-0.2, 0) is 27.7 Å². The molecule has 9 atom stereocenters. The minimum atomic E-state index is -4.73. The standard InChI is InChI=1S/C20H23FN10O10P2/c21-10-13(41-42(34)35)8(40-19(10)30-5-26-11-14(22)24-4-25-15(11)30)3-38-43(36,37)9-1-7(2-32)39-18(9)31-6-27-12-16(31)28-20(23)29-17(12)33/h4-10,13,18-19,32H,1-3H2,(H6-,22,23,24,25,28,29,33,34,35,36,37)/p+1/t7-,8+,9+,10?,13-,18+,19+/m0/s1. The van der Waals surface area contributed by atoms with Crippen LogP contribution in [-0.4, -0.2) is 97.3 Å². The molecule has 3 unspecified atom stereocenters. The minimum Gasteiger partial charge on any atom is -0.394 e. The van der Waals surface area contributed by atoms with Gasteiger partial charge in [-0.3, -0.25) is 23.5 Å². The molecule has 6 rings (SSSR count). The number of aromatic nitrogens is 8. The second kappa shape index (κ2) is 11.2. The molecule has 2 aliphatic heterocycles. The summed E-state index contributed by atoms with van der Waals surface area (Å²) in [6.07, 6.45) is -5.66. The summed E-state index contributed by atoms with van der Waals surface area (Å²) in [6, 6.07) is 0. The molecule has 4 aromatic rings. The number of aliphatic hydroxyl groups is 1. The number of H-pyrrole nitrogens is 1. The highest BCUT2D eigenvalue weighted by molar-refractivity contribution is 7.53. The molecule has 0 radical (unpaired) electrons. The lowest BCUT2D eigenvalue weighted by atomic mass is 10.1. The van der Waals surface area contributed by atoms with Gasteiger partial charge in [-0.25, -0.2) is 24.3 Å². The molecule has 2 saturated heterocycles. The maximum absolute atomic E-state index is 15.6. The number of nitrogens with zero attached hydrogens (tertiary/aromatic N) is 7. The molecule has 0 spiro atoms. The van der Waals surface area contributed by atoms with Crippen molar-refractivity contribution in [1.82, 2.24) is 39.0 Å². The molecule has 0 aromatic carbocycles. The molecule has 20 nitrogen and oxygen atoms in total. The van der Waals surface area contributed by atoms with Crippen LogP contribution in [0.4, 0.5) is 16.2 Å². The predicted molar refractivity (Wildman–Crippen MR) is 141 cm³/mol. The van der Waals surface area contributed by atoms with Gasteiger partial charge in [0.2, 0.25) is 5.95 Å². The first-order chi connectivity index (χ1) is 20.5. The minimum absolute atomic E-state index is 0.0205. The Morgan fingerprint density at radius 2 is 1.86 bits per heavy atom. The van der Waals surface area contributed by atoms with Crippen LogP contribution in [0.5, 0.6) is 0 Å². The van der Waals surface area contributed by atoms with Crippen molar-refractivity contribution in [2.24, 2.45) is 0 Å². The van der Waals surface area contributed by atoms with Gasteiger partial charge in [0.25, 0.3) is 5.56 Å². The number of nitrogen functional groups attached to an aromatic ring is 2. The van der Waals surface area contributed by atoms with E-state index < -0.39 is 77.2 Å². The highest BCUT2D eigenvalue weighted by Crippen LogP contribution is 2.57. The van der Waals surface area contributed by atoms with Crippen molar-refractivity contribution in [3.63, 3.8) is 0 Å². The third-order valence-corrected chi connectivity index (χ3v) is 9.32. The quantitative estimate of drug-likeness (QED) is 0.122. The number of nitrogens with two attached hydrogens (primary N) is 2. The summed E-state index contributed by atoms with van der Waals surface area (Å²) in [4.78, 5) is 54.9. The summed E-state index contributed by atoms with van der Waals surface area (Å²) in [5.74, 6) is -0.218. The van der Waals surface area contributed by atoms with Crippen LogP contribution in [0.25, 0.3) is 22.3 Å². The summed E-state index contributed by atoms with van der Waals surface area (Å²) in [5.41, 5.74) is 9.55. The summed E-state index contributed by atoms with van der Waals surface area (Å²) in [6.45, 7) is -1.29. The zero-order chi connectivity index (χ0) is 30.6. The number of anilines is 2. The highest BCUT2D eigenvalue weighted by Gasteiger charge is 2.54. The molecule has 43 heavy (non-hydrogen) atoms. The van der Waals surface area contributed by atoms with Gasteiger partial charge in [-0.1, -0.05) is 0 Å². The lowest BCUT2D eigenvalue weighted by molar-refractivity contribution is -0.0421. The Labute approximate surface area is 239 Å². The number of hydrogen-bond acceptors (Lipinski definition) is 15. The number of imidazole rings is 2. The monoisotopic (exact) mass is 645 g/mol. The Bertz CT molecular complexity index is 1800. The molecule has 2 aliphatic rings. The molecule has 23 heteroatoms. The summed E-state index contributed by atoms with van der Waals surface area (Å²) >= 11 is 0. The molecule has 6 heterocycles. The van der Waals surface area contributed by atoms with Gasteiger partial charge in [-0.2, -0.15) is 4.98 Å². The number of halogens is 1. The topological polar surface area (TPSA) is 291 Å². The van der Waals surface area contributed by atoms with Gasteiger partial charge >= 0.3 is 15.9 Å². The number of nitrogens with one attached hydrogen (secondary N) is 1. The van der Waals surface area contributed by atoms with Gasteiger partial charge in [0.1, 0.15) is 23.6 Å². The lowest BCUT2D eigenvalue weighted by Gasteiger charge is -2.25. The molecule has 0 saturated carbocycles. The van der Waals surface area contributed by atoms with Crippen LogP contribution < -0.4 is 17.0 Å². The molecule has 2 fully saturated rings. The van der Waals surface area contributed by atoms with Gasteiger partial charge < -0.3 is 35.5 Å². The van der Waals surface area contributed by atoms with E-state index in [1.165, 1.54) is 15.5 Å². The van der Waals surface area contributed by atoms with Crippen molar-refractivity contribution in [3.8, 4) is 0 Å². The number of rotatable bonds is 9. The summed E-state index contributed by atoms with van der Waals surface area (Å²) in [5, 5.41) is 9.72.